The molecule has 0 atom stereocenters. The molecular formula is C15H22O2. The van der Waals surface area contributed by atoms with Crippen LogP contribution in [-0.2, 0) is 11.2 Å². The summed E-state index contributed by atoms with van der Waals surface area (Å²) in [6.45, 7) is 4.36. The standard InChI is InChI=1S/C15H22O2/c1-3-17-15-11-7-10-14(12-15)9-6-4-5-8-13(2)16/h7,10-12H,3-6,8-9H2,1-2H3. The summed E-state index contributed by atoms with van der Waals surface area (Å²) in [5.41, 5.74) is 1.32. The van der Waals surface area contributed by atoms with Gasteiger partial charge in [0.05, 0.1) is 6.61 Å². The Morgan fingerprint density at radius 3 is 2.76 bits per heavy atom. The SMILES string of the molecule is CCOc1cccc(CCCCCC(C)=O)c1. The molecule has 0 saturated heterocycles. The summed E-state index contributed by atoms with van der Waals surface area (Å²) in [6, 6.07) is 8.26. The Morgan fingerprint density at radius 1 is 1.24 bits per heavy atom. The normalized spacial score (nSPS) is 10.2. The first-order chi connectivity index (χ1) is 8.22. The Kier molecular flexibility index (Phi) is 6.38. The van der Waals surface area contributed by atoms with Crippen LogP contribution in [0.5, 0.6) is 5.75 Å². The van der Waals surface area contributed by atoms with E-state index in [1.807, 2.05) is 19.1 Å². The fraction of sp³-hybridized carbons (Fsp3) is 0.533. The van der Waals surface area contributed by atoms with E-state index >= 15 is 0 Å². The fourth-order valence-electron chi connectivity index (χ4n) is 1.84. The van der Waals surface area contributed by atoms with E-state index in [0.717, 1.165) is 37.9 Å². The predicted molar refractivity (Wildman–Crippen MR) is 70.5 cm³/mol. The van der Waals surface area contributed by atoms with Gasteiger partial charge in [0.2, 0.25) is 0 Å². The second-order valence-electron chi connectivity index (χ2n) is 4.34. The maximum absolute atomic E-state index is 10.8. The minimum atomic E-state index is 0.295. The van der Waals surface area contributed by atoms with Gasteiger partial charge in [0.1, 0.15) is 11.5 Å². The maximum Gasteiger partial charge on any atom is 0.129 e. The largest absolute Gasteiger partial charge is 0.494 e. The van der Waals surface area contributed by atoms with Gasteiger partial charge >= 0.3 is 0 Å². The summed E-state index contributed by atoms with van der Waals surface area (Å²) in [5.74, 6) is 1.25. The number of ketones is 1. The van der Waals surface area contributed by atoms with Crippen molar-refractivity contribution in [2.24, 2.45) is 0 Å². The summed E-state index contributed by atoms with van der Waals surface area (Å²) in [7, 11) is 0. The zero-order valence-electron chi connectivity index (χ0n) is 10.9. The number of carbonyl (C=O) groups excluding carboxylic acids is 1. The topological polar surface area (TPSA) is 26.3 Å². The quantitative estimate of drug-likeness (QED) is 0.640. The number of ether oxygens (including phenoxy) is 1. The molecule has 0 amide bonds. The van der Waals surface area contributed by atoms with Crippen LogP contribution in [0.2, 0.25) is 0 Å². The van der Waals surface area contributed by atoms with Crippen molar-refractivity contribution in [3.63, 3.8) is 0 Å². The van der Waals surface area contributed by atoms with Gasteiger partial charge in [-0.15, -0.1) is 0 Å². The number of hydrogen-bond donors (Lipinski definition) is 0. The van der Waals surface area contributed by atoms with E-state index < -0.39 is 0 Å². The highest BCUT2D eigenvalue weighted by atomic mass is 16.5. The first-order valence-corrected chi connectivity index (χ1v) is 6.43. The molecule has 1 aromatic rings. The minimum absolute atomic E-state index is 0.295. The molecule has 2 nitrogen and oxygen atoms in total. The molecule has 0 aliphatic carbocycles. The molecule has 0 N–H and O–H groups in total. The molecule has 0 heterocycles. The van der Waals surface area contributed by atoms with Crippen molar-refractivity contribution in [3.05, 3.63) is 29.8 Å². The van der Waals surface area contributed by atoms with Crippen molar-refractivity contribution in [1.82, 2.24) is 0 Å². The molecule has 0 spiro atoms. The second kappa shape index (κ2) is 7.88. The molecule has 0 aromatic heterocycles. The van der Waals surface area contributed by atoms with Crippen LogP contribution in [0.1, 0.15) is 45.1 Å². The molecule has 0 unspecified atom stereocenters. The molecular weight excluding hydrogens is 212 g/mol. The van der Waals surface area contributed by atoms with Crippen molar-refractivity contribution in [2.75, 3.05) is 6.61 Å². The number of rotatable bonds is 8. The third-order valence-electron chi connectivity index (χ3n) is 2.70. The molecule has 17 heavy (non-hydrogen) atoms. The Hall–Kier alpha value is -1.31. The van der Waals surface area contributed by atoms with Crippen LogP contribution >= 0.6 is 0 Å². The van der Waals surface area contributed by atoms with Crippen molar-refractivity contribution in [3.8, 4) is 5.75 Å². The Morgan fingerprint density at radius 2 is 2.06 bits per heavy atom. The van der Waals surface area contributed by atoms with Crippen LogP contribution in [0.15, 0.2) is 24.3 Å². The van der Waals surface area contributed by atoms with Crippen LogP contribution in [-0.4, -0.2) is 12.4 Å². The smallest absolute Gasteiger partial charge is 0.129 e. The van der Waals surface area contributed by atoms with Crippen molar-refractivity contribution >= 4 is 5.78 Å². The van der Waals surface area contributed by atoms with Gasteiger partial charge in [-0.2, -0.15) is 0 Å². The van der Waals surface area contributed by atoms with Crippen molar-refractivity contribution in [2.45, 2.75) is 46.0 Å². The minimum Gasteiger partial charge on any atom is -0.494 e. The van der Waals surface area contributed by atoms with E-state index in [9.17, 15) is 4.79 Å². The fourth-order valence-corrected chi connectivity index (χ4v) is 1.84. The van der Waals surface area contributed by atoms with E-state index in [2.05, 4.69) is 12.1 Å². The van der Waals surface area contributed by atoms with E-state index in [1.165, 1.54) is 5.56 Å². The van der Waals surface area contributed by atoms with Gasteiger partial charge in [-0.25, -0.2) is 0 Å². The van der Waals surface area contributed by atoms with Gasteiger partial charge in [-0.1, -0.05) is 18.6 Å². The molecule has 1 aromatic carbocycles. The lowest BCUT2D eigenvalue weighted by molar-refractivity contribution is -0.117. The Bertz CT molecular complexity index is 345. The third-order valence-corrected chi connectivity index (χ3v) is 2.70. The Balaban J connectivity index is 2.26. The number of hydrogen-bond acceptors (Lipinski definition) is 2. The summed E-state index contributed by atoms with van der Waals surface area (Å²) < 4.78 is 5.46. The first-order valence-electron chi connectivity index (χ1n) is 6.43. The highest BCUT2D eigenvalue weighted by molar-refractivity contribution is 5.75. The van der Waals surface area contributed by atoms with E-state index in [-0.39, 0.29) is 0 Å². The zero-order valence-corrected chi connectivity index (χ0v) is 10.9. The molecule has 94 valence electrons. The number of benzene rings is 1. The number of Topliss-reactive ketones (excluding diaryl/α,β-unsaturated/α-hetero) is 1. The summed E-state index contributed by atoms with van der Waals surface area (Å²) in [6.07, 6.45) is 5.07. The second-order valence-corrected chi connectivity index (χ2v) is 4.34. The van der Waals surface area contributed by atoms with Crippen molar-refractivity contribution in [1.29, 1.82) is 0 Å². The molecule has 0 fully saturated rings. The number of aryl methyl sites for hydroxylation is 1. The van der Waals surface area contributed by atoms with Crippen LogP contribution in [0.3, 0.4) is 0 Å². The predicted octanol–water partition coefficient (Wildman–Crippen LogP) is 3.78. The maximum atomic E-state index is 10.8. The van der Waals surface area contributed by atoms with Crippen LogP contribution < -0.4 is 4.74 Å². The van der Waals surface area contributed by atoms with Gasteiger partial charge < -0.3 is 9.53 Å². The first kappa shape index (κ1) is 13.8. The summed E-state index contributed by atoms with van der Waals surface area (Å²) in [4.78, 5) is 10.8. The van der Waals surface area contributed by atoms with Crippen LogP contribution in [0, 0.1) is 0 Å². The van der Waals surface area contributed by atoms with Crippen molar-refractivity contribution < 1.29 is 9.53 Å². The van der Waals surface area contributed by atoms with E-state index in [4.69, 9.17) is 4.74 Å². The Labute approximate surface area is 104 Å². The van der Waals surface area contributed by atoms with Gasteiger partial charge in [-0.05, 0) is 50.8 Å². The molecule has 1 rings (SSSR count). The summed E-state index contributed by atoms with van der Waals surface area (Å²) >= 11 is 0. The van der Waals surface area contributed by atoms with Gasteiger partial charge in [0.15, 0.2) is 0 Å². The van der Waals surface area contributed by atoms with E-state index in [1.54, 1.807) is 6.92 Å². The average molecular weight is 234 g/mol. The molecule has 0 aliphatic heterocycles. The lowest BCUT2D eigenvalue weighted by atomic mass is 10.1. The highest BCUT2D eigenvalue weighted by Gasteiger charge is 1.98. The molecule has 0 bridgehead atoms. The van der Waals surface area contributed by atoms with E-state index in [0.29, 0.717) is 12.4 Å². The molecule has 0 saturated carbocycles. The van der Waals surface area contributed by atoms with Gasteiger partial charge in [0, 0.05) is 6.42 Å². The van der Waals surface area contributed by atoms with Gasteiger partial charge in [-0.3, -0.25) is 0 Å². The lowest BCUT2D eigenvalue weighted by Gasteiger charge is -2.05. The molecule has 0 aliphatic rings. The lowest BCUT2D eigenvalue weighted by Crippen LogP contribution is -1.93. The monoisotopic (exact) mass is 234 g/mol. The highest BCUT2D eigenvalue weighted by Crippen LogP contribution is 2.15. The van der Waals surface area contributed by atoms with Crippen LogP contribution in [0.25, 0.3) is 0 Å². The molecule has 2 heteroatoms. The van der Waals surface area contributed by atoms with Gasteiger partial charge in [0.25, 0.3) is 0 Å². The third kappa shape index (κ3) is 6.10. The number of unbranched alkanes of at least 4 members (excludes halogenated alkanes) is 2. The average Bonchev–Trinajstić information content (AvgIpc) is 2.29. The molecule has 0 radical (unpaired) electrons. The summed E-state index contributed by atoms with van der Waals surface area (Å²) in [5, 5.41) is 0. The number of carbonyl (C=O) groups is 1. The van der Waals surface area contributed by atoms with Crippen LogP contribution in [0.4, 0.5) is 0 Å². The zero-order chi connectivity index (χ0) is 12.5.